The molecular weight excluding hydrogens is 343 g/mol. The number of benzene rings is 2. The van der Waals surface area contributed by atoms with Crippen LogP contribution in [0.25, 0.3) is 11.0 Å². The van der Waals surface area contributed by atoms with Crippen LogP contribution >= 0.6 is 0 Å². The van der Waals surface area contributed by atoms with Gasteiger partial charge in [0.1, 0.15) is 0 Å². The highest BCUT2D eigenvalue weighted by molar-refractivity contribution is 5.99. The highest BCUT2D eigenvalue weighted by Crippen LogP contribution is 2.28. The van der Waals surface area contributed by atoms with Crippen molar-refractivity contribution in [3.05, 3.63) is 101 Å². The number of hydrogen-bond donors (Lipinski definition) is 1. The third-order valence-corrected chi connectivity index (χ3v) is 4.51. The first kappa shape index (κ1) is 17.0. The summed E-state index contributed by atoms with van der Waals surface area (Å²) in [6.45, 7) is 1.75. The number of halogens is 1. The Morgan fingerprint density at radius 1 is 1.04 bits per heavy atom. The van der Waals surface area contributed by atoms with Crippen LogP contribution in [0.15, 0.2) is 77.3 Å². The average Bonchev–Trinajstić information content (AvgIpc) is 3.05. The summed E-state index contributed by atoms with van der Waals surface area (Å²) in [4.78, 5) is 17.3. The summed E-state index contributed by atoms with van der Waals surface area (Å²) in [5, 5.41) is 3.56. The van der Waals surface area contributed by atoms with Crippen LogP contribution < -0.4 is 5.32 Å². The number of aryl methyl sites for hydroxylation is 1. The van der Waals surface area contributed by atoms with Crippen molar-refractivity contribution in [3.8, 4) is 0 Å². The Kier molecular flexibility index (Phi) is 4.42. The van der Waals surface area contributed by atoms with Crippen LogP contribution in [0.2, 0.25) is 0 Å². The second kappa shape index (κ2) is 7.03. The first-order valence-corrected chi connectivity index (χ1v) is 8.59. The van der Waals surface area contributed by atoms with E-state index < -0.39 is 17.8 Å². The molecule has 0 aliphatic rings. The highest BCUT2D eigenvalue weighted by Gasteiger charge is 2.24. The molecule has 0 saturated heterocycles. The van der Waals surface area contributed by atoms with Crippen LogP contribution in [0.1, 0.15) is 33.4 Å². The number of nitrogens with zero attached hydrogens (tertiary/aromatic N) is 1. The fourth-order valence-corrected chi connectivity index (χ4v) is 3.14. The molecule has 0 spiro atoms. The SMILES string of the molecule is Cc1c(C(=O)NC(c2ccccc2)c2ccccn2)oc2c(F)cccc12. The van der Waals surface area contributed by atoms with Crippen LogP contribution in [0, 0.1) is 12.7 Å². The van der Waals surface area contributed by atoms with Crippen LogP contribution in [-0.2, 0) is 0 Å². The molecule has 134 valence electrons. The van der Waals surface area contributed by atoms with Crippen molar-refractivity contribution in [2.75, 3.05) is 0 Å². The minimum Gasteiger partial charge on any atom is -0.448 e. The van der Waals surface area contributed by atoms with E-state index in [0.717, 1.165) is 5.56 Å². The quantitative estimate of drug-likeness (QED) is 0.569. The molecule has 2 aromatic heterocycles. The van der Waals surface area contributed by atoms with Gasteiger partial charge in [-0.2, -0.15) is 0 Å². The Balaban J connectivity index is 1.73. The predicted octanol–water partition coefficient (Wildman–Crippen LogP) is 4.79. The molecule has 1 amide bonds. The van der Waals surface area contributed by atoms with E-state index in [0.29, 0.717) is 16.6 Å². The van der Waals surface area contributed by atoms with Crippen molar-refractivity contribution in [1.82, 2.24) is 10.3 Å². The molecule has 0 aliphatic heterocycles. The molecule has 27 heavy (non-hydrogen) atoms. The van der Waals surface area contributed by atoms with Crippen LogP contribution in [0.5, 0.6) is 0 Å². The van der Waals surface area contributed by atoms with Gasteiger partial charge < -0.3 is 9.73 Å². The van der Waals surface area contributed by atoms with Crippen molar-refractivity contribution >= 4 is 16.9 Å². The number of amides is 1. The molecular formula is C22H17FN2O2. The molecule has 5 heteroatoms. The van der Waals surface area contributed by atoms with E-state index >= 15 is 0 Å². The lowest BCUT2D eigenvalue weighted by Gasteiger charge is -2.18. The Labute approximate surface area is 155 Å². The van der Waals surface area contributed by atoms with Gasteiger partial charge >= 0.3 is 0 Å². The standard InChI is InChI=1S/C22H17FN2O2/c1-14-16-10-7-11-17(23)21(16)27-20(14)22(26)25-19(15-8-3-2-4-9-15)18-12-5-6-13-24-18/h2-13,19H,1H3,(H,25,26). The number of carbonyl (C=O) groups is 1. The summed E-state index contributed by atoms with van der Waals surface area (Å²) < 4.78 is 19.6. The molecule has 0 bridgehead atoms. The zero-order valence-corrected chi connectivity index (χ0v) is 14.6. The predicted molar refractivity (Wildman–Crippen MR) is 101 cm³/mol. The van der Waals surface area contributed by atoms with Gasteiger partial charge in [-0.15, -0.1) is 0 Å². The van der Waals surface area contributed by atoms with Gasteiger partial charge in [-0.05, 0) is 30.7 Å². The fourth-order valence-electron chi connectivity index (χ4n) is 3.14. The lowest BCUT2D eigenvalue weighted by molar-refractivity contribution is 0.0915. The number of para-hydroxylation sites is 1. The van der Waals surface area contributed by atoms with Crippen molar-refractivity contribution < 1.29 is 13.6 Å². The van der Waals surface area contributed by atoms with Gasteiger partial charge in [-0.1, -0.05) is 48.5 Å². The van der Waals surface area contributed by atoms with Crippen LogP contribution in [0.3, 0.4) is 0 Å². The van der Waals surface area contributed by atoms with Crippen molar-refractivity contribution in [3.63, 3.8) is 0 Å². The van der Waals surface area contributed by atoms with Crippen LogP contribution in [-0.4, -0.2) is 10.9 Å². The number of rotatable bonds is 4. The normalized spacial score (nSPS) is 12.1. The molecule has 0 fully saturated rings. The van der Waals surface area contributed by atoms with Gasteiger partial charge in [-0.3, -0.25) is 9.78 Å². The fraction of sp³-hybridized carbons (Fsp3) is 0.0909. The van der Waals surface area contributed by atoms with Gasteiger partial charge in [0, 0.05) is 17.1 Å². The molecule has 2 aromatic carbocycles. The second-order valence-electron chi connectivity index (χ2n) is 6.24. The zero-order chi connectivity index (χ0) is 18.8. The Morgan fingerprint density at radius 3 is 2.52 bits per heavy atom. The first-order valence-electron chi connectivity index (χ1n) is 8.59. The van der Waals surface area contributed by atoms with E-state index in [1.54, 1.807) is 25.3 Å². The number of furan rings is 1. The second-order valence-corrected chi connectivity index (χ2v) is 6.24. The Hall–Kier alpha value is -3.47. The van der Waals surface area contributed by atoms with E-state index in [2.05, 4.69) is 10.3 Å². The summed E-state index contributed by atoms with van der Waals surface area (Å²) in [7, 11) is 0. The van der Waals surface area contributed by atoms with Gasteiger partial charge in [-0.25, -0.2) is 4.39 Å². The smallest absolute Gasteiger partial charge is 0.288 e. The summed E-state index contributed by atoms with van der Waals surface area (Å²) >= 11 is 0. The summed E-state index contributed by atoms with van der Waals surface area (Å²) in [6, 6.07) is 19.3. The number of hydrogen-bond acceptors (Lipinski definition) is 3. The topological polar surface area (TPSA) is 55.1 Å². The molecule has 1 N–H and O–H groups in total. The van der Waals surface area contributed by atoms with Gasteiger partial charge in [0.15, 0.2) is 17.2 Å². The molecule has 1 atom stereocenters. The number of aromatic nitrogens is 1. The van der Waals surface area contributed by atoms with E-state index in [4.69, 9.17) is 4.42 Å². The van der Waals surface area contributed by atoms with Gasteiger partial charge in [0.05, 0.1) is 11.7 Å². The maximum absolute atomic E-state index is 14.0. The number of fused-ring (bicyclic) bond motifs is 1. The number of pyridine rings is 1. The van der Waals surface area contributed by atoms with Gasteiger partial charge in [0.2, 0.25) is 0 Å². The molecule has 0 aliphatic carbocycles. The first-order chi connectivity index (χ1) is 13.1. The highest BCUT2D eigenvalue weighted by atomic mass is 19.1. The Bertz CT molecular complexity index is 1050. The largest absolute Gasteiger partial charge is 0.448 e. The molecule has 1 unspecified atom stereocenters. The maximum Gasteiger partial charge on any atom is 0.288 e. The number of nitrogens with one attached hydrogen (secondary N) is 1. The molecule has 0 radical (unpaired) electrons. The van der Waals surface area contributed by atoms with Crippen molar-refractivity contribution in [1.29, 1.82) is 0 Å². The van der Waals surface area contributed by atoms with Crippen LogP contribution in [0.4, 0.5) is 4.39 Å². The van der Waals surface area contributed by atoms with Gasteiger partial charge in [0.25, 0.3) is 5.91 Å². The minimum absolute atomic E-state index is 0.0919. The average molecular weight is 360 g/mol. The van der Waals surface area contributed by atoms with Crippen molar-refractivity contribution in [2.24, 2.45) is 0 Å². The summed E-state index contributed by atoms with van der Waals surface area (Å²) in [6.07, 6.45) is 1.68. The maximum atomic E-state index is 14.0. The summed E-state index contributed by atoms with van der Waals surface area (Å²) in [5.41, 5.74) is 2.30. The zero-order valence-electron chi connectivity index (χ0n) is 14.6. The van der Waals surface area contributed by atoms with E-state index in [-0.39, 0.29) is 11.3 Å². The monoisotopic (exact) mass is 360 g/mol. The third-order valence-electron chi connectivity index (χ3n) is 4.51. The van der Waals surface area contributed by atoms with Crippen molar-refractivity contribution in [2.45, 2.75) is 13.0 Å². The molecule has 4 aromatic rings. The third kappa shape index (κ3) is 3.19. The summed E-state index contributed by atoms with van der Waals surface area (Å²) in [5.74, 6) is -0.798. The Morgan fingerprint density at radius 2 is 1.81 bits per heavy atom. The molecule has 0 saturated carbocycles. The van der Waals surface area contributed by atoms with E-state index in [1.807, 2.05) is 48.5 Å². The lowest BCUT2D eigenvalue weighted by atomic mass is 10.0. The molecule has 2 heterocycles. The molecule has 4 nitrogen and oxygen atoms in total. The molecule has 4 rings (SSSR count). The minimum atomic E-state index is -0.487. The lowest BCUT2D eigenvalue weighted by Crippen LogP contribution is -2.30. The van der Waals surface area contributed by atoms with E-state index in [1.165, 1.54) is 6.07 Å². The number of carbonyl (C=O) groups excluding carboxylic acids is 1. The van der Waals surface area contributed by atoms with E-state index in [9.17, 15) is 9.18 Å².